The van der Waals surface area contributed by atoms with Crippen LogP contribution in [0.15, 0.2) is 27.2 Å². The average molecular weight is 378 g/mol. The van der Waals surface area contributed by atoms with Crippen LogP contribution >= 0.6 is 28.3 Å². The van der Waals surface area contributed by atoms with Gasteiger partial charge in [-0.3, -0.25) is 4.90 Å². The van der Waals surface area contributed by atoms with Crippen molar-refractivity contribution in [1.29, 1.82) is 0 Å². The van der Waals surface area contributed by atoms with E-state index in [0.717, 1.165) is 19.6 Å². The van der Waals surface area contributed by atoms with Gasteiger partial charge in [-0.25, -0.2) is 4.39 Å². The number of hydrogen-bond acceptors (Lipinski definition) is 5. The van der Waals surface area contributed by atoms with Gasteiger partial charge in [0.2, 0.25) is 0 Å². The molecular weight excluding hydrogens is 363 g/mol. The highest BCUT2D eigenvalue weighted by Crippen LogP contribution is 2.25. The number of hydrogen-bond donors (Lipinski definition) is 1. The van der Waals surface area contributed by atoms with Crippen molar-refractivity contribution in [2.75, 3.05) is 26.7 Å². The molecule has 1 aliphatic rings. The van der Waals surface area contributed by atoms with E-state index in [2.05, 4.69) is 36.3 Å². The van der Waals surface area contributed by atoms with Crippen LogP contribution in [0.5, 0.6) is 0 Å². The predicted molar refractivity (Wildman–Crippen MR) is 82.9 cm³/mol. The zero-order chi connectivity index (χ0) is 14.1. The lowest BCUT2D eigenvalue weighted by Gasteiger charge is -2.30. The van der Waals surface area contributed by atoms with E-state index in [1.807, 2.05) is 7.05 Å². The van der Waals surface area contributed by atoms with Crippen molar-refractivity contribution in [3.8, 4) is 11.5 Å². The molecule has 1 atom stereocenters. The van der Waals surface area contributed by atoms with E-state index in [0.29, 0.717) is 21.8 Å². The number of aromatic nitrogens is 2. The fourth-order valence-corrected chi connectivity index (χ4v) is 2.72. The summed E-state index contributed by atoms with van der Waals surface area (Å²) in [6.07, 6.45) is 0. The molecule has 1 N–H and O–H groups in total. The Hall–Kier alpha value is -1.02. The lowest BCUT2D eigenvalue weighted by molar-refractivity contribution is 0.190. The van der Waals surface area contributed by atoms with Gasteiger partial charge in [0.15, 0.2) is 5.82 Å². The Labute approximate surface area is 136 Å². The van der Waals surface area contributed by atoms with Gasteiger partial charge < -0.3 is 9.84 Å². The molecule has 3 rings (SSSR count). The average Bonchev–Trinajstić information content (AvgIpc) is 2.87. The van der Waals surface area contributed by atoms with Crippen LogP contribution in [0.2, 0.25) is 0 Å². The molecule has 1 unspecified atom stereocenters. The number of benzene rings is 1. The molecule has 5 nitrogen and oxygen atoms in total. The smallest absolute Gasteiger partial charge is 0.258 e. The van der Waals surface area contributed by atoms with Crippen molar-refractivity contribution >= 4 is 28.3 Å². The molecule has 1 saturated heterocycles. The molecule has 0 bridgehead atoms. The molecule has 0 aliphatic carbocycles. The third-order valence-corrected chi connectivity index (χ3v) is 3.82. The van der Waals surface area contributed by atoms with Gasteiger partial charge in [-0.05, 0) is 25.2 Å². The maximum atomic E-state index is 13.4. The van der Waals surface area contributed by atoms with Crippen LogP contribution in [-0.4, -0.2) is 41.7 Å². The molecule has 114 valence electrons. The third-order valence-electron chi connectivity index (χ3n) is 3.36. The highest BCUT2D eigenvalue weighted by Gasteiger charge is 2.25. The maximum Gasteiger partial charge on any atom is 0.258 e. The van der Waals surface area contributed by atoms with Crippen molar-refractivity contribution in [2.24, 2.45) is 0 Å². The summed E-state index contributed by atoms with van der Waals surface area (Å²) in [5, 5.41) is 7.32. The van der Waals surface area contributed by atoms with Crippen LogP contribution in [0.25, 0.3) is 11.5 Å². The second kappa shape index (κ2) is 6.83. The molecule has 0 spiro atoms. The zero-order valence-electron chi connectivity index (χ0n) is 11.3. The van der Waals surface area contributed by atoms with Gasteiger partial charge in [-0.1, -0.05) is 21.1 Å². The Balaban J connectivity index is 0.00000161. The third kappa shape index (κ3) is 3.60. The van der Waals surface area contributed by atoms with Gasteiger partial charge >= 0.3 is 0 Å². The molecule has 0 saturated carbocycles. The van der Waals surface area contributed by atoms with E-state index in [4.69, 9.17) is 4.52 Å². The molecule has 2 aromatic rings. The number of halogens is 3. The van der Waals surface area contributed by atoms with Gasteiger partial charge in [-0.15, -0.1) is 12.4 Å². The second-order valence-electron chi connectivity index (χ2n) is 4.82. The number of nitrogens with one attached hydrogen (secondary N) is 1. The Kier molecular flexibility index (Phi) is 5.32. The monoisotopic (exact) mass is 376 g/mol. The first kappa shape index (κ1) is 16.4. The van der Waals surface area contributed by atoms with Gasteiger partial charge in [0.1, 0.15) is 5.82 Å². The molecular formula is C13H15BrClFN4O. The van der Waals surface area contributed by atoms with E-state index in [-0.39, 0.29) is 24.3 Å². The number of piperazine rings is 1. The van der Waals surface area contributed by atoms with Crippen LogP contribution in [0, 0.1) is 5.82 Å². The lowest BCUT2D eigenvalue weighted by atomic mass is 10.2. The van der Waals surface area contributed by atoms with E-state index in [1.165, 1.54) is 12.1 Å². The minimum absolute atomic E-state index is 0. The van der Waals surface area contributed by atoms with E-state index >= 15 is 0 Å². The second-order valence-corrected chi connectivity index (χ2v) is 5.73. The summed E-state index contributed by atoms with van der Waals surface area (Å²) in [4.78, 5) is 6.56. The van der Waals surface area contributed by atoms with Crippen molar-refractivity contribution in [1.82, 2.24) is 20.4 Å². The van der Waals surface area contributed by atoms with Crippen molar-refractivity contribution in [2.45, 2.75) is 6.04 Å². The molecule has 21 heavy (non-hydrogen) atoms. The van der Waals surface area contributed by atoms with Gasteiger partial charge in [0.05, 0.1) is 6.04 Å². The number of nitrogens with zero attached hydrogens (tertiary/aromatic N) is 3. The van der Waals surface area contributed by atoms with Crippen molar-refractivity contribution in [3.05, 3.63) is 34.3 Å². The van der Waals surface area contributed by atoms with Crippen LogP contribution in [-0.2, 0) is 0 Å². The minimum atomic E-state index is -0.342. The van der Waals surface area contributed by atoms with Crippen LogP contribution in [0.3, 0.4) is 0 Å². The zero-order valence-corrected chi connectivity index (χ0v) is 13.7. The Morgan fingerprint density at radius 3 is 2.95 bits per heavy atom. The summed E-state index contributed by atoms with van der Waals surface area (Å²) in [6.45, 7) is 2.66. The molecule has 1 aliphatic heterocycles. The SMILES string of the molecule is CN1CCNCC1c1noc(-c2cc(F)cc(Br)c2)n1.Cl. The highest BCUT2D eigenvalue weighted by molar-refractivity contribution is 9.10. The number of likely N-dealkylation sites (N-methyl/N-ethyl adjacent to an activating group) is 1. The predicted octanol–water partition coefficient (Wildman–Crippen LogP) is 2.64. The fraction of sp³-hybridized carbons (Fsp3) is 0.385. The Morgan fingerprint density at radius 1 is 1.43 bits per heavy atom. The van der Waals surface area contributed by atoms with Crippen molar-refractivity contribution < 1.29 is 8.91 Å². The molecule has 1 aromatic carbocycles. The molecule has 1 fully saturated rings. The van der Waals surface area contributed by atoms with Gasteiger partial charge in [0.25, 0.3) is 5.89 Å². The Bertz CT molecular complexity index is 604. The topological polar surface area (TPSA) is 54.2 Å². The summed E-state index contributed by atoms with van der Waals surface area (Å²) >= 11 is 3.26. The van der Waals surface area contributed by atoms with Crippen LogP contribution < -0.4 is 5.32 Å². The first-order valence-electron chi connectivity index (χ1n) is 6.34. The molecule has 0 amide bonds. The highest BCUT2D eigenvalue weighted by atomic mass is 79.9. The first-order valence-corrected chi connectivity index (χ1v) is 7.14. The Morgan fingerprint density at radius 2 is 2.24 bits per heavy atom. The van der Waals surface area contributed by atoms with E-state index in [9.17, 15) is 4.39 Å². The van der Waals surface area contributed by atoms with Crippen LogP contribution in [0.1, 0.15) is 11.9 Å². The van der Waals surface area contributed by atoms with Crippen molar-refractivity contribution in [3.63, 3.8) is 0 Å². The normalized spacial score (nSPS) is 19.3. The fourth-order valence-electron chi connectivity index (χ4n) is 2.26. The van der Waals surface area contributed by atoms with E-state index in [1.54, 1.807) is 6.07 Å². The summed E-state index contributed by atoms with van der Waals surface area (Å²) in [5.41, 5.74) is 0.571. The summed E-state index contributed by atoms with van der Waals surface area (Å²) in [5.74, 6) is 0.611. The minimum Gasteiger partial charge on any atom is -0.334 e. The maximum absolute atomic E-state index is 13.4. The standard InChI is InChI=1S/C13H14BrFN4O.ClH/c1-19-3-2-16-7-11(19)12-17-13(20-18-12)8-4-9(14)6-10(15)5-8;/h4-6,11,16H,2-3,7H2,1H3;1H. The quantitative estimate of drug-likeness (QED) is 0.872. The first-order chi connectivity index (χ1) is 9.63. The summed E-state index contributed by atoms with van der Waals surface area (Å²) in [7, 11) is 2.03. The summed E-state index contributed by atoms with van der Waals surface area (Å²) < 4.78 is 19.3. The van der Waals surface area contributed by atoms with Crippen LogP contribution in [0.4, 0.5) is 4.39 Å². The van der Waals surface area contributed by atoms with E-state index < -0.39 is 0 Å². The molecule has 2 heterocycles. The van der Waals surface area contributed by atoms with Gasteiger partial charge in [-0.2, -0.15) is 4.98 Å². The summed E-state index contributed by atoms with van der Waals surface area (Å²) in [6, 6.07) is 4.60. The van der Waals surface area contributed by atoms with Gasteiger partial charge in [0, 0.05) is 29.7 Å². The number of rotatable bonds is 2. The largest absolute Gasteiger partial charge is 0.334 e. The lowest BCUT2D eigenvalue weighted by Crippen LogP contribution is -2.44. The molecule has 8 heteroatoms. The molecule has 0 radical (unpaired) electrons. The molecule has 1 aromatic heterocycles.